The molecule has 214 valence electrons. The molecule has 1 amide bonds. The third kappa shape index (κ3) is 10.1. The smallest absolute Gasteiger partial charge is 0.246 e. The Morgan fingerprint density at radius 3 is 2.17 bits per heavy atom. The zero-order chi connectivity index (χ0) is 27.2. The number of carbonyl (C=O) groups is 1. The van der Waals surface area contributed by atoms with Gasteiger partial charge >= 0.3 is 0 Å². The maximum absolute atomic E-state index is 12.1. The summed E-state index contributed by atoms with van der Waals surface area (Å²) in [5.41, 5.74) is 4.01. The van der Waals surface area contributed by atoms with Crippen molar-refractivity contribution < 1.29 is 43.4 Å². The molecule has 0 saturated carbocycles. The van der Waals surface area contributed by atoms with Crippen LogP contribution < -0.4 is 11.1 Å². The van der Waals surface area contributed by atoms with E-state index in [4.69, 9.17) is 34.2 Å². The molecule has 1 aliphatic heterocycles. The average Bonchev–Trinajstić information content (AvgIpc) is 2.87. The molecule has 1 aliphatic rings. The minimum Gasteiger partial charge on any atom is -0.387 e. The Morgan fingerprint density at radius 1 is 0.972 bits per heavy atom. The van der Waals surface area contributed by atoms with Gasteiger partial charge in [-0.2, -0.15) is 0 Å². The number of hydrogen-bond donors (Lipinski definition) is 4. The van der Waals surface area contributed by atoms with Crippen molar-refractivity contribution in [3.05, 3.63) is 0 Å². The topological polar surface area (TPSA) is 151 Å². The first kappa shape index (κ1) is 33.1. The summed E-state index contributed by atoms with van der Waals surface area (Å²) in [6.45, 7) is 12.0. The van der Waals surface area contributed by atoms with Crippen LogP contribution in [0.25, 0.3) is 0 Å². The summed E-state index contributed by atoms with van der Waals surface area (Å²) in [5.74, 6) is -0.312. The van der Waals surface area contributed by atoms with Gasteiger partial charge in [0.05, 0.1) is 44.2 Å². The number of hydrogen-bond acceptors (Lipinski definition) is 10. The molecule has 11 heteroatoms. The highest BCUT2D eigenvalue weighted by Gasteiger charge is 2.53. The number of amides is 1. The number of nitrogens with one attached hydrogen (secondary N) is 1. The molecule has 0 spiro atoms. The first-order chi connectivity index (χ1) is 17.1. The third-order valence-electron chi connectivity index (χ3n) is 6.83. The Morgan fingerprint density at radius 2 is 1.61 bits per heavy atom. The van der Waals surface area contributed by atoms with E-state index in [0.29, 0.717) is 58.8 Å². The first-order valence-corrected chi connectivity index (χ1v) is 13.1. The van der Waals surface area contributed by atoms with E-state index in [-0.39, 0.29) is 19.1 Å². The van der Waals surface area contributed by atoms with Gasteiger partial charge < -0.3 is 49.7 Å². The summed E-state index contributed by atoms with van der Waals surface area (Å²) in [4.78, 5) is 12.1. The van der Waals surface area contributed by atoms with E-state index in [1.165, 1.54) is 0 Å². The highest BCUT2D eigenvalue weighted by molar-refractivity contribution is 5.77. The Hall–Kier alpha value is -0.890. The fourth-order valence-electron chi connectivity index (χ4n) is 4.14. The SMILES string of the molecule is CCC(C)(C)OC1C(O)C(COCC(=O)NCCOCCOCCN)OC(C(CC)(CC)OC)C1O. The number of rotatable bonds is 19. The first-order valence-electron chi connectivity index (χ1n) is 13.1. The summed E-state index contributed by atoms with van der Waals surface area (Å²) in [5, 5.41) is 24.9. The van der Waals surface area contributed by atoms with E-state index in [9.17, 15) is 15.0 Å². The lowest BCUT2D eigenvalue weighted by Gasteiger charge is -2.50. The van der Waals surface area contributed by atoms with Crippen LogP contribution in [0.1, 0.15) is 53.9 Å². The molecule has 0 aromatic rings. The van der Waals surface area contributed by atoms with Crippen LogP contribution in [0.15, 0.2) is 0 Å². The molecule has 36 heavy (non-hydrogen) atoms. The minimum absolute atomic E-state index is 0.0492. The number of nitrogens with two attached hydrogens (primary N) is 1. The predicted octanol–water partition coefficient (Wildman–Crippen LogP) is 0.379. The number of carbonyl (C=O) groups excluding carboxylic acids is 1. The largest absolute Gasteiger partial charge is 0.387 e. The van der Waals surface area contributed by atoms with Crippen molar-refractivity contribution in [2.45, 2.75) is 95.6 Å². The maximum Gasteiger partial charge on any atom is 0.246 e. The van der Waals surface area contributed by atoms with Crippen molar-refractivity contribution >= 4 is 5.91 Å². The van der Waals surface area contributed by atoms with Gasteiger partial charge in [-0.25, -0.2) is 0 Å². The molecule has 1 rings (SSSR count). The molecule has 5 unspecified atom stereocenters. The molecule has 5 atom stereocenters. The highest BCUT2D eigenvalue weighted by Crippen LogP contribution is 2.37. The normalized spacial score (nSPS) is 25.2. The van der Waals surface area contributed by atoms with Crippen LogP contribution in [-0.4, -0.2) is 118 Å². The summed E-state index contributed by atoms with van der Waals surface area (Å²) in [7, 11) is 1.59. The van der Waals surface area contributed by atoms with Gasteiger partial charge in [-0.3, -0.25) is 4.79 Å². The Bertz CT molecular complexity index is 596. The van der Waals surface area contributed by atoms with Crippen molar-refractivity contribution in [1.29, 1.82) is 0 Å². The van der Waals surface area contributed by atoms with Gasteiger partial charge in [0, 0.05) is 20.2 Å². The zero-order valence-corrected chi connectivity index (χ0v) is 23.0. The van der Waals surface area contributed by atoms with Crippen molar-refractivity contribution in [3.8, 4) is 0 Å². The van der Waals surface area contributed by atoms with Gasteiger partial charge in [-0.15, -0.1) is 0 Å². The van der Waals surface area contributed by atoms with E-state index in [2.05, 4.69) is 5.32 Å². The molecule has 0 aromatic heterocycles. The average molecular weight is 523 g/mol. The highest BCUT2D eigenvalue weighted by atomic mass is 16.6. The third-order valence-corrected chi connectivity index (χ3v) is 6.83. The maximum atomic E-state index is 12.1. The van der Waals surface area contributed by atoms with Crippen molar-refractivity contribution in [2.24, 2.45) is 5.73 Å². The number of aliphatic hydroxyl groups excluding tert-OH is 2. The van der Waals surface area contributed by atoms with Gasteiger partial charge in [0.15, 0.2) is 0 Å². The van der Waals surface area contributed by atoms with E-state index in [1.54, 1.807) is 7.11 Å². The van der Waals surface area contributed by atoms with Crippen molar-refractivity contribution in [3.63, 3.8) is 0 Å². The lowest BCUT2D eigenvalue weighted by molar-refractivity contribution is -0.298. The predicted molar refractivity (Wildman–Crippen MR) is 135 cm³/mol. The molecular weight excluding hydrogens is 472 g/mol. The molecular formula is C25H50N2O9. The standard InChI is InChI=1S/C25H50N2O9/c1-7-24(4,5)36-22-20(29)18(35-23(21(22)30)25(8-2,9-3)31-6)16-34-17-19(28)27-11-13-33-15-14-32-12-10-26/h18,20-23,29-30H,7-17,26H2,1-6H3,(H,27,28). The quantitative estimate of drug-likeness (QED) is 0.175. The number of ether oxygens (including phenoxy) is 6. The van der Waals surface area contributed by atoms with E-state index in [1.807, 2.05) is 34.6 Å². The van der Waals surface area contributed by atoms with Gasteiger partial charge in [0.1, 0.15) is 37.1 Å². The van der Waals surface area contributed by atoms with Crippen molar-refractivity contribution in [1.82, 2.24) is 5.32 Å². The summed E-state index contributed by atoms with van der Waals surface area (Å²) >= 11 is 0. The molecule has 0 bridgehead atoms. The second-order valence-electron chi connectivity index (χ2n) is 9.63. The molecule has 1 fully saturated rings. The van der Waals surface area contributed by atoms with E-state index >= 15 is 0 Å². The number of methoxy groups -OCH3 is 1. The van der Waals surface area contributed by atoms with Crippen LogP contribution in [0.3, 0.4) is 0 Å². The van der Waals surface area contributed by atoms with Crippen LogP contribution in [0, 0.1) is 0 Å². The monoisotopic (exact) mass is 522 g/mol. The van der Waals surface area contributed by atoms with Crippen LogP contribution in [-0.2, 0) is 33.2 Å². The number of aliphatic hydroxyl groups is 2. The van der Waals surface area contributed by atoms with Crippen LogP contribution in [0.4, 0.5) is 0 Å². The summed E-state index contributed by atoms with van der Waals surface area (Å²) < 4.78 is 34.3. The van der Waals surface area contributed by atoms with Crippen LogP contribution >= 0.6 is 0 Å². The molecule has 0 aliphatic carbocycles. The molecule has 0 aromatic carbocycles. The minimum atomic E-state index is -1.15. The van der Waals surface area contributed by atoms with Crippen LogP contribution in [0.5, 0.6) is 0 Å². The lowest BCUT2D eigenvalue weighted by Crippen LogP contribution is -2.67. The molecule has 5 N–H and O–H groups in total. The second kappa shape index (κ2) is 16.8. The summed E-state index contributed by atoms with van der Waals surface area (Å²) in [6.07, 6.45) is -2.83. The second-order valence-corrected chi connectivity index (χ2v) is 9.63. The molecule has 11 nitrogen and oxygen atoms in total. The Kier molecular flexibility index (Phi) is 15.5. The fraction of sp³-hybridized carbons (Fsp3) is 0.960. The van der Waals surface area contributed by atoms with Gasteiger partial charge in [0.25, 0.3) is 0 Å². The van der Waals surface area contributed by atoms with Gasteiger partial charge in [-0.05, 0) is 33.1 Å². The van der Waals surface area contributed by atoms with E-state index in [0.717, 1.165) is 0 Å². The molecule has 1 saturated heterocycles. The van der Waals surface area contributed by atoms with Gasteiger partial charge in [-0.1, -0.05) is 20.8 Å². The Balaban J connectivity index is 2.68. The Labute approximate surface area is 216 Å². The summed E-state index contributed by atoms with van der Waals surface area (Å²) in [6, 6.07) is 0. The molecule has 1 heterocycles. The molecule has 0 radical (unpaired) electrons. The zero-order valence-electron chi connectivity index (χ0n) is 23.0. The van der Waals surface area contributed by atoms with E-state index < -0.39 is 41.7 Å². The van der Waals surface area contributed by atoms with Gasteiger partial charge in [0.2, 0.25) is 5.91 Å². The van der Waals surface area contributed by atoms with Crippen LogP contribution in [0.2, 0.25) is 0 Å². The van der Waals surface area contributed by atoms with Crippen molar-refractivity contribution in [2.75, 3.05) is 59.8 Å². The fourth-order valence-corrected chi connectivity index (χ4v) is 4.14. The lowest BCUT2D eigenvalue weighted by atomic mass is 9.81.